The quantitative estimate of drug-likeness (QED) is 0.552. The number of hydrogen-bond acceptors (Lipinski definition) is 3. The maximum Gasteiger partial charge on any atom is 0.191 e. The molecule has 3 N–H and O–H groups in total. The Labute approximate surface area is 146 Å². The topological polar surface area (TPSA) is 56.7 Å². The van der Waals surface area contributed by atoms with E-state index in [1.165, 1.54) is 11.3 Å². The number of rotatable bonds is 6. The number of hydrogen-bond donors (Lipinski definition) is 3. The van der Waals surface area contributed by atoms with Crippen LogP contribution in [0.15, 0.2) is 46.8 Å². The number of guanidine groups is 1. The summed E-state index contributed by atoms with van der Waals surface area (Å²) >= 11 is 7.69. The van der Waals surface area contributed by atoms with Gasteiger partial charge in [0.15, 0.2) is 5.96 Å². The summed E-state index contributed by atoms with van der Waals surface area (Å²) in [7, 11) is 0. The highest BCUT2D eigenvalue weighted by Crippen LogP contribution is 2.24. The van der Waals surface area contributed by atoms with Gasteiger partial charge in [-0.3, -0.25) is 0 Å². The van der Waals surface area contributed by atoms with Gasteiger partial charge in [0.25, 0.3) is 0 Å². The number of benzene rings is 1. The van der Waals surface area contributed by atoms with Gasteiger partial charge in [-0.15, -0.1) is 11.3 Å². The molecule has 1 unspecified atom stereocenters. The first kappa shape index (κ1) is 17.8. The molecule has 0 aliphatic carbocycles. The fourth-order valence-electron chi connectivity index (χ4n) is 2.06. The summed E-state index contributed by atoms with van der Waals surface area (Å²) in [5.41, 5.74) is 0.0331. The number of nitrogens with one attached hydrogen (secondary N) is 2. The fraction of sp³-hybridized carbons (Fsp3) is 0.353. The number of aliphatic imine (C=N–C) groups is 1. The summed E-state index contributed by atoms with van der Waals surface area (Å²) in [5, 5.41) is 19.6. The van der Waals surface area contributed by atoms with Crippen LogP contribution in [0.4, 0.5) is 0 Å². The van der Waals surface area contributed by atoms with Gasteiger partial charge in [0, 0.05) is 16.4 Å². The van der Waals surface area contributed by atoms with Crippen LogP contribution in [0.3, 0.4) is 0 Å². The Balaban J connectivity index is 2.01. The van der Waals surface area contributed by atoms with Crippen LogP contribution >= 0.6 is 22.9 Å². The van der Waals surface area contributed by atoms with Gasteiger partial charge in [0.05, 0.1) is 13.1 Å². The van der Waals surface area contributed by atoms with Crippen LogP contribution in [0, 0.1) is 0 Å². The molecule has 0 spiro atoms. The summed E-state index contributed by atoms with van der Waals surface area (Å²) in [5.74, 6) is 0.657. The van der Waals surface area contributed by atoms with E-state index < -0.39 is 5.60 Å². The van der Waals surface area contributed by atoms with Crippen molar-refractivity contribution >= 4 is 28.9 Å². The Morgan fingerprint density at radius 2 is 2.04 bits per heavy atom. The molecule has 2 rings (SSSR count). The molecule has 0 amide bonds. The standard InChI is InChI=1S/C17H22ClN3OS/c1-3-19-16(20-11-13-7-4-5-8-14(13)18)21-12-17(2,22)15-9-6-10-23-15/h4-10,22H,3,11-12H2,1-2H3,(H2,19,20,21). The third-order valence-corrected chi connectivity index (χ3v) is 4.85. The first-order valence-electron chi connectivity index (χ1n) is 7.55. The van der Waals surface area contributed by atoms with Crippen molar-refractivity contribution in [1.29, 1.82) is 0 Å². The molecular formula is C17H22ClN3OS. The van der Waals surface area contributed by atoms with Gasteiger partial charge < -0.3 is 15.7 Å². The molecule has 0 aliphatic heterocycles. The van der Waals surface area contributed by atoms with Gasteiger partial charge in [-0.1, -0.05) is 35.9 Å². The van der Waals surface area contributed by atoms with Gasteiger partial charge in [0.2, 0.25) is 0 Å². The molecule has 1 atom stereocenters. The van der Waals surface area contributed by atoms with Crippen LogP contribution in [0.1, 0.15) is 24.3 Å². The molecular weight excluding hydrogens is 330 g/mol. The maximum atomic E-state index is 10.6. The van der Waals surface area contributed by atoms with Crippen LogP contribution in [0.25, 0.3) is 0 Å². The number of aliphatic hydroxyl groups is 1. The zero-order chi connectivity index (χ0) is 16.7. The SMILES string of the molecule is CCNC(=NCc1ccccc1Cl)NCC(C)(O)c1cccs1. The van der Waals surface area contributed by atoms with Crippen molar-refractivity contribution in [3.05, 3.63) is 57.2 Å². The highest BCUT2D eigenvalue weighted by molar-refractivity contribution is 7.10. The van der Waals surface area contributed by atoms with Gasteiger partial charge >= 0.3 is 0 Å². The van der Waals surface area contributed by atoms with Gasteiger partial charge in [0.1, 0.15) is 5.60 Å². The number of halogens is 1. The zero-order valence-electron chi connectivity index (χ0n) is 13.3. The second-order valence-corrected chi connectivity index (χ2v) is 6.75. The highest BCUT2D eigenvalue weighted by Gasteiger charge is 2.24. The first-order valence-corrected chi connectivity index (χ1v) is 8.80. The lowest BCUT2D eigenvalue weighted by atomic mass is 10.1. The largest absolute Gasteiger partial charge is 0.383 e. The lowest BCUT2D eigenvalue weighted by molar-refractivity contribution is 0.0655. The third kappa shape index (κ3) is 5.23. The Morgan fingerprint density at radius 1 is 1.26 bits per heavy atom. The minimum atomic E-state index is -0.936. The smallest absolute Gasteiger partial charge is 0.191 e. The van der Waals surface area contributed by atoms with Crippen molar-refractivity contribution in [1.82, 2.24) is 10.6 Å². The second kappa shape index (κ2) is 8.34. The molecule has 0 fully saturated rings. The maximum absolute atomic E-state index is 10.6. The first-order chi connectivity index (χ1) is 11.0. The van der Waals surface area contributed by atoms with Gasteiger partial charge in [-0.05, 0) is 36.9 Å². The molecule has 1 aromatic heterocycles. The molecule has 1 heterocycles. The molecule has 124 valence electrons. The van der Waals surface area contributed by atoms with Crippen molar-refractivity contribution in [2.45, 2.75) is 26.0 Å². The summed E-state index contributed by atoms with van der Waals surface area (Å²) in [6.07, 6.45) is 0. The summed E-state index contributed by atoms with van der Waals surface area (Å²) in [6.45, 7) is 5.40. The molecule has 0 bridgehead atoms. The molecule has 23 heavy (non-hydrogen) atoms. The molecule has 6 heteroatoms. The van der Waals surface area contributed by atoms with Gasteiger partial charge in [-0.2, -0.15) is 0 Å². The molecule has 0 aliphatic rings. The average Bonchev–Trinajstić information content (AvgIpc) is 3.07. The highest BCUT2D eigenvalue weighted by atomic mass is 35.5. The van der Waals surface area contributed by atoms with E-state index in [4.69, 9.17) is 11.6 Å². The molecule has 2 aromatic rings. The van der Waals surface area contributed by atoms with Crippen LogP contribution in [0.5, 0.6) is 0 Å². The Kier molecular flexibility index (Phi) is 6.45. The lowest BCUT2D eigenvalue weighted by Crippen LogP contribution is -2.44. The van der Waals surface area contributed by atoms with E-state index in [-0.39, 0.29) is 0 Å². The van der Waals surface area contributed by atoms with Crippen molar-refractivity contribution in [2.24, 2.45) is 4.99 Å². The zero-order valence-corrected chi connectivity index (χ0v) is 14.9. The summed E-state index contributed by atoms with van der Waals surface area (Å²) in [4.78, 5) is 5.45. The fourth-order valence-corrected chi connectivity index (χ4v) is 3.04. The van der Waals surface area contributed by atoms with Crippen molar-refractivity contribution in [3.8, 4) is 0 Å². The lowest BCUT2D eigenvalue weighted by Gasteiger charge is -2.23. The van der Waals surface area contributed by atoms with Crippen LogP contribution in [-0.2, 0) is 12.1 Å². The van der Waals surface area contributed by atoms with Crippen molar-refractivity contribution in [2.75, 3.05) is 13.1 Å². The second-order valence-electron chi connectivity index (χ2n) is 5.39. The van der Waals surface area contributed by atoms with E-state index in [0.29, 0.717) is 24.1 Å². The summed E-state index contributed by atoms with van der Waals surface area (Å²) in [6, 6.07) is 11.5. The van der Waals surface area contributed by atoms with E-state index in [9.17, 15) is 5.11 Å². The average molecular weight is 352 g/mol. The van der Waals surface area contributed by atoms with Gasteiger partial charge in [-0.25, -0.2) is 4.99 Å². The van der Waals surface area contributed by atoms with Crippen LogP contribution in [0.2, 0.25) is 5.02 Å². The number of thiophene rings is 1. The third-order valence-electron chi connectivity index (χ3n) is 3.36. The van der Waals surface area contributed by atoms with E-state index in [0.717, 1.165) is 17.0 Å². The van der Waals surface area contributed by atoms with Crippen LogP contribution in [-0.4, -0.2) is 24.2 Å². The molecule has 0 saturated carbocycles. The number of nitrogens with zero attached hydrogens (tertiary/aromatic N) is 1. The normalized spacial score (nSPS) is 14.3. The van der Waals surface area contributed by atoms with Crippen molar-refractivity contribution in [3.63, 3.8) is 0 Å². The monoisotopic (exact) mass is 351 g/mol. The Hall–Kier alpha value is -1.56. The molecule has 4 nitrogen and oxygen atoms in total. The molecule has 0 saturated heterocycles. The minimum absolute atomic E-state index is 0.377. The predicted octanol–water partition coefficient (Wildman–Crippen LogP) is 3.36. The van der Waals surface area contributed by atoms with E-state index >= 15 is 0 Å². The summed E-state index contributed by atoms with van der Waals surface area (Å²) < 4.78 is 0. The van der Waals surface area contributed by atoms with E-state index in [2.05, 4.69) is 15.6 Å². The van der Waals surface area contributed by atoms with E-state index in [1.807, 2.05) is 48.7 Å². The van der Waals surface area contributed by atoms with Crippen molar-refractivity contribution < 1.29 is 5.11 Å². The Morgan fingerprint density at radius 3 is 2.70 bits per heavy atom. The minimum Gasteiger partial charge on any atom is -0.383 e. The Bertz CT molecular complexity index is 641. The molecule has 1 aromatic carbocycles. The molecule has 0 radical (unpaired) electrons. The van der Waals surface area contributed by atoms with E-state index in [1.54, 1.807) is 6.92 Å². The van der Waals surface area contributed by atoms with Crippen LogP contribution < -0.4 is 10.6 Å². The predicted molar refractivity (Wildman–Crippen MR) is 98.2 cm³/mol.